The van der Waals surface area contributed by atoms with Gasteiger partial charge in [-0.3, -0.25) is 0 Å². The molecule has 0 saturated carbocycles. The predicted octanol–water partition coefficient (Wildman–Crippen LogP) is 6.50. The normalized spacial score (nSPS) is 12.2. The fraction of sp³-hybridized carbons (Fsp3) is 0.250. The maximum absolute atomic E-state index is 13.4. The van der Waals surface area contributed by atoms with Crippen LogP contribution in [0, 0.1) is 0 Å². The van der Waals surface area contributed by atoms with Gasteiger partial charge in [0.25, 0.3) is 0 Å². The number of H-pyrrole nitrogens is 1. The van der Waals surface area contributed by atoms with Crippen LogP contribution in [0.25, 0.3) is 33.4 Å². The molecule has 8 heteroatoms. The number of nitrogens with one attached hydrogen (secondary N) is 1. The van der Waals surface area contributed by atoms with Crippen molar-refractivity contribution in [2.75, 3.05) is 7.11 Å². The first-order chi connectivity index (χ1) is 15.0. The molecule has 4 aromatic rings. The molecule has 4 rings (SSSR count). The molecule has 1 aromatic carbocycles. The van der Waals surface area contributed by atoms with Crippen LogP contribution in [-0.2, 0) is 6.18 Å². The SMILES string of the molecule is COc1ccc(C(F)(F)F)cc1-c1cc(-c2c[nH]c3ncccc23)cc(OC(C)(C)C)n1. The second kappa shape index (κ2) is 7.85. The minimum Gasteiger partial charge on any atom is -0.496 e. The van der Waals surface area contributed by atoms with Crippen molar-refractivity contribution in [2.45, 2.75) is 32.5 Å². The highest BCUT2D eigenvalue weighted by atomic mass is 19.4. The lowest BCUT2D eigenvalue weighted by Crippen LogP contribution is -2.23. The molecule has 166 valence electrons. The number of alkyl halides is 3. The number of aromatic nitrogens is 3. The van der Waals surface area contributed by atoms with Gasteiger partial charge in [0.2, 0.25) is 5.88 Å². The van der Waals surface area contributed by atoms with Gasteiger partial charge in [0, 0.05) is 35.0 Å². The molecular weight excluding hydrogens is 419 g/mol. The van der Waals surface area contributed by atoms with Crippen LogP contribution in [0.4, 0.5) is 13.2 Å². The average molecular weight is 441 g/mol. The Morgan fingerprint density at radius 3 is 2.44 bits per heavy atom. The third-order valence-electron chi connectivity index (χ3n) is 4.78. The first-order valence-corrected chi connectivity index (χ1v) is 9.94. The van der Waals surface area contributed by atoms with Crippen LogP contribution in [0.2, 0.25) is 0 Å². The Morgan fingerprint density at radius 1 is 0.969 bits per heavy atom. The highest BCUT2D eigenvalue weighted by molar-refractivity contribution is 5.94. The van der Waals surface area contributed by atoms with Crippen molar-refractivity contribution < 1.29 is 22.6 Å². The largest absolute Gasteiger partial charge is 0.496 e. The highest BCUT2D eigenvalue weighted by Crippen LogP contribution is 2.39. The molecule has 0 aliphatic heterocycles. The number of aromatic amines is 1. The molecule has 0 unspecified atom stereocenters. The summed E-state index contributed by atoms with van der Waals surface area (Å²) in [5.41, 5.74) is 1.46. The highest BCUT2D eigenvalue weighted by Gasteiger charge is 2.31. The van der Waals surface area contributed by atoms with E-state index < -0.39 is 17.3 Å². The van der Waals surface area contributed by atoms with Crippen LogP contribution in [0.5, 0.6) is 11.6 Å². The van der Waals surface area contributed by atoms with Crippen molar-refractivity contribution >= 4 is 11.0 Å². The summed E-state index contributed by atoms with van der Waals surface area (Å²) >= 11 is 0. The van der Waals surface area contributed by atoms with Gasteiger partial charge in [0.05, 0.1) is 18.4 Å². The molecule has 32 heavy (non-hydrogen) atoms. The lowest BCUT2D eigenvalue weighted by molar-refractivity contribution is -0.137. The summed E-state index contributed by atoms with van der Waals surface area (Å²) in [6.45, 7) is 5.63. The third kappa shape index (κ3) is 4.39. The van der Waals surface area contributed by atoms with E-state index in [1.165, 1.54) is 13.2 Å². The number of hydrogen-bond donors (Lipinski definition) is 1. The van der Waals surface area contributed by atoms with E-state index in [1.54, 1.807) is 24.5 Å². The monoisotopic (exact) mass is 441 g/mol. The van der Waals surface area contributed by atoms with Crippen LogP contribution in [-0.4, -0.2) is 27.7 Å². The maximum atomic E-state index is 13.4. The van der Waals surface area contributed by atoms with Gasteiger partial charge in [-0.15, -0.1) is 0 Å². The zero-order valence-corrected chi connectivity index (χ0v) is 18.0. The molecule has 5 nitrogen and oxygen atoms in total. The first-order valence-electron chi connectivity index (χ1n) is 9.94. The summed E-state index contributed by atoms with van der Waals surface area (Å²) in [6, 6.07) is 10.6. The van der Waals surface area contributed by atoms with E-state index in [-0.39, 0.29) is 11.3 Å². The summed E-state index contributed by atoms with van der Waals surface area (Å²) < 4.78 is 51.5. The quantitative estimate of drug-likeness (QED) is 0.393. The number of hydrogen-bond acceptors (Lipinski definition) is 4. The van der Waals surface area contributed by atoms with Crippen LogP contribution in [0.3, 0.4) is 0 Å². The molecule has 0 fully saturated rings. The summed E-state index contributed by atoms with van der Waals surface area (Å²) in [7, 11) is 1.41. The van der Waals surface area contributed by atoms with E-state index >= 15 is 0 Å². The van der Waals surface area contributed by atoms with Crippen LogP contribution < -0.4 is 9.47 Å². The molecule has 0 aliphatic carbocycles. The van der Waals surface area contributed by atoms with Gasteiger partial charge in [-0.2, -0.15) is 13.2 Å². The van der Waals surface area contributed by atoms with Crippen LogP contribution in [0.1, 0.15) is 26.3 Å². The molecule has 0 bridgehead atoms. The van der Waals surface area contributed by atoms with Crippen molar-refractivity contribution in [3.63, 3.8) is 0 Å². The summed E-state index contributed by atoms with van der Waals surface area (Å²) in [5, 5.41) is 0.877. The van der Waals surface area contributed by atoms with Gasteiger partial charge in [0.1, 0.15) is 17.0 Å². The van der Waals surface area contributed by atoms with E-state index in [0.29, 0.717) is 17.2 Å². The summed E-state index contributed by atoms with van der Waals surface area (Å²) in [6.07, 6.45) is -1.00. The standard InChI is InChI=1S/C24H22F3N3O2/c1-23(2,3)32-21-11-14(18-13-29-22-16(18)6-5-9-28-22)10-19(30-21)17-12-15(24(25,26)27)7-8-20(17)31-4/h5-13H,1-4H3,(H,28,29). The molecular formula is C24H22F3N3O2. The van der Waals surface area contributed by atoms with Gasteiger partial charge in [-0.25, -0.2) is 9.97 Å². The van der Waals surface area contributed by atoms with Crippen molar-refractivity contribution in [1.29, 1.82) is 0 Å². The molecule has 1 N–H and O–H groups in total. The summed E-state index contributed by atoms with van der Waals surface area (Å²) in [4.78, 5) is 11.9. The number of halogens is 3. The Bertz CT molecular complexity index is 1270. The summed E-state index contributed by atoms with van der Waals surface area (Å²) in [5.74, 6) is 0.577. The smallest absolute Gasteiger partial charge is 0.416 e. The number of pyridine rings is 2. The van der Waals surface area contributed by atoms with Crippen LogP contribution in [0.15, 0.2) is 54.9 Å². The topological polar surface area (TPSA) is 60.0 Å². The fourth-order valence-corrected chi connectivity index (χ4v) is 3.44. The van der Waals surface area contributed by atoms with Crippen molar-refractivity contribution in [2.24, 2.45) is 0 Å². The van der Waals surface area contributed by atoms with Crippen molar-refractivity contribution in [1.82, 2.24) is 15.0 Å². The van der Waals surface area contributed by atoms with Gasteiger partial charge in [-0.1, -0.05) is 0 Å². The molecule has 0 spiro atoms. The lowest BCUT2D eigenvalue weighted by atomic mass is 10.0. The zero-order chi connectivity index (χ0) is 23.1. The zero-order valence-electron chi connectivity index (χ0n) is 18.0. The number of methoxy groups -OCH3 is 1. The molecule has 0 amide bonds. The van der Waals surface area contributed by atoms with E-state index in [9.17, 15) is 13.2 Å². The number of fused-ring (bicyclic) bond motifs is 1. The number of ether oxygens (including phenoxy) is 2. The Kier molecular flexibility index (Phi) is 5.32. The van der Waals surface area contributed by atoms with E-state index in [4.69, 9.17) is 9.47 Å². The number of nitrogens with zero attached hydrogens (tertiary/aromatic N) is 2. The van der Waals surface area contributed by atoms with Crippen LogP contribution >= 0.6 is 0 Å². The van der Waals surface area contributed by atoms with E-state index in [1.807, 2.05) is 32.9 Å². The molecule has 0 saturated heterocycles. The average Bonchev–Trinajstić information content (AvgIpc) is 3.15. The third-order valence-corrected chi connectivity index (χ3v) is 4.78. The maximum Gasteiger partial charge on any atom is 0.416 e. The van der Waals surface area contributed by atoms with Gasteiger partial charge in [-0.05, 0) is 62.7 Å². The van der Waals surface area contributed by atoms with Gasteiger partial charge < -0.3 is 14.5 Å². The second-order valence-corrected chi connectivity index (χ2v) is 8.31. The molecule has 3 heterocycles. The minimum atomic E-state index is -4.49. The van der Waals surface area contributed by atoms with Gasteiger partial charge in [0.15, 0.2) is 0 Å². The molecule has 0 aliphatic rings. The number of rotatable bonds is 4. The molecule has 0 atom stereocenters. The van der Waals surface area contributed by atoms with E-state index in [0.717, 1.165) is 28.6 Å². The van der Waals surface area contributed by atoms with Crippen molar-refractivity contribution in [3.05, 3.63) is 60.4 Å². The Hall–Kier alpha value is -3.55. The fourth-order valence-electron chi connectivity index (χ4n) is 3.44. The van der Waals surface area contributed by atoms with Crippen molar-refractivity contribution in [3.8, 4) is 34.0 Å². The van der Waals surface area contributed by atoms with E-state index in [2.05, 4.69) is 15.0 Å². The Labute approximate surface area is 183 Å². The Morgan fingerprint density at radius 2 is 1.75 bits per heavy atom. The Balaban J connectivity index is 1.95. The molecule has 3 aromatic heterocycles. The molecule has 0 radical (unpaired) electrons. The second-order valence-electron chi connectivity index (χ2n) is 8.31. The number of benzene rings is 1. The lowest BCUT2D eigenvalue weighted by Gasteiger charge is -2.22. The predicted molar refractivity (Wildman–Crippen MR) is 117 cm³/mol. The minimum absolute atomic E-state index is 0.223. The van der Waals surface area contributed by atoms with Gasteiger partial charge >= 0.3 is 6.18 Å². The first kappa shape index (κ1) is 21.7.